The molecule has 20 heavy (non-hydrogen) atoms. The summed E-state index contributed by atoms with van der Waals surface area (Å²) in [6.45, 7) is 5.82. The first-order chi connectivity index (χ1) is 8.87. The molecule has 0 aromatic heterocycles. The largest absolute Gasteiger partial charge is 0.376 e. The summed E-state index contributed by atoms with van der Waals surface area (Å²) in [6, 6.07) is 9.43. The molecule has 0 aliphatic heterocycles. The lowest BCUT2D eigenvalue weighted by Gasteiger charge is -2.20. The predicted octanol–water partition coefficient (Wildman–Crippen LogP) is 1.55. The summed E-state index contributed by atoms with van der Waals surface area (Å²) in [4.78, 5) is 23.0. The second-order valence-electron chi connectivity index (χ2n) is 5.29. The fourth-order valence-electron chi connectivity index (χ4n) is 1.44. The number of anilines is 1. The Hall–Kier alpha value is -1.75. The molecule has 2 amide bonds. The maximum absolute atomic E-state index is 11.5. The van der Waals surface area contributed by atoms with Crippen LogP contribution >= 0.6 is 12.4 Å². The lowest BCUT2D eigenvalue weighted by atomic mass is 10.1. The van der Waals surface area contributed by atoms with Crippen LogP contribution < -0.4 is 16.0 Å². The van der Waals surface area contributed by atoms with E-state index in [9.17, 15) is 9.59 Å². The molecule has 0 atom stereocenters. The third-order valence-corrected chi connectivity index (χ3v) is 2.19. The van der Waals surface area contributed by atoms with Crippen LogP contribution in [0.15, 0.2) is 30.3 Å². The number of carbonyl (C=O) groups excluding carboxylic acids is 2. The van der Waals surface area contributed by atoms with Crippen molar-refractivity contribution in [2.75, 3.05) is 18.4 Å². The standard InChI is InChI=1S/C14H21N3O2.ClH/c1-14(2,3)17-13(19)10-16-12(18)9-15-11-7-5-4-6-8-11;/h4-8,15H,9-10H2,1-3H3,(H,16,18)(H,17,19);1H. The van der Waals surface area contributed by atoms with Crippen LogP contribution in [0.5, 0.6) is 0 Å². The monoisotopic (exact) mass is 299 g/mol. The van der Waals surface area contributed by atoms with E-state index in [0.29, 0.717) is 0 Å². The van der Waals surface area contributed by atoms with Crippen molar-refractivity contribution in [3.8, 4) is 0 Å². The Morgan fingerprint density at radius 3 is 2.15 bits per heavy atom. The molecule has 0 bridgehead atoms. The van der Waals surface area contributed by atoms with Gasteiger partial charge in [-0.15, -0.1) is 12.4 Å². The number of amides is 2. The molecule has 6 heteroatoms. The minimum atomic E-state index is -0.288. The van der Waals surface area contributed by atoms with Gasteiger partial charge in [0.15, 0.2) is 0 Å². The number of nitrogens with one attached hydrogen (secondary N) is 3. The molecule has 0 heterocycles. The maximum atomic E-state index is 11.5. The molecule has 0 saturated heterocycles. The molecule has 0 aliphatic carbocycles. The molecule has 0 aliphatic rings. The zero-order valence-electron chi connectivity index (χ0n) is 12.0. The van der Waals surface area contributed by atoms with Crippen molar-refractivity contribution >= 4 is 29.9 Å². The van der Waals surface area contributed by atoms with Crippen LogP contribution in [0.3, 0.4) is 0 Å². The van der Waals surface area contributed by atoms with Gasteiger partial charge in [-0.2, -0.15) is 0 Å². The molecule has 3 N–H and O–H groups in total. The van der Waals surface area contributed by atoms with Gasteiger partial charge in [-0.25, -0.2) is 0 Å². The Balaban J connectivity index is 0.00000361. The first kappa shape index (κ1) is 18.2. The van der Waals surface area contributed by atoms with Gasteiger partial charge in [-0.1, -0.05) is 18.2 Å². The minimum Gasteiger partial charge on any atom is -0.376 e. The van der Waals surface area contributed by atoms with Gasteiger partial charge in [0.2, 0.25) is 11.8 Å². The van der Waals surface area contributed by atoms with Crippen LogP contribution in [-0.4, -0.2) is 30.4 Å². The molecule has 1 aromatic rings. The van der Waals surface area contributed by atoms with E-state index >= 15 is 0 Å². The normalized spacial score (nSPS) is 10.2. The van der Waals surface area contributed by atoms with Gasteiger partial charge in [-0.05, 0) is 32.9 Å². The van der Waals surface area contributed by atoms with Crippen LogP contribution in [0.2, 0.25) is 0 Å². The minimum absolute atomic E-state index is 0. The van der Waals surface area contributed by atoms with E-state index in [0.717, 1.165) is 5.69 Å². The molecule has 112 valence electrons. The summed E-state index contributed by atoms with van der Waals surface area (Å²) in [6.07, 6.45) is 0. The smallest absolute Gasteiger partial charge is 0.239 e. The molecule has 0 unspecified atom stereocenters. The highest BCUT2D eigenvalue weighted by molar-refractivity contribution is 5.87. The van der Waals surface area contributed by atoms with Gasteiger partial charge in [0.25, 0.3) is 0 Å². The highest BCUT2D eigenvalue weighted by atomic mass is 35.5. The molecule has 1 rings (SSSR count). The van der Waals surface area contributed by atoms with Crippen molar-refractivity contribution < 1.29 is 9.59 Å². The van der Waals surface area contributed by atoms with E-state index in [1.54, 1.807) is 0 Å². The SMILES string of the molecule is CC(C)(C)NC(=O)CNC(=O)CNc1ccccc1.Cl. The van der Waals surface area contributed by atoms with E-state index in [-0.39, 0.29) is 42.8 Å². The summed E-state index contributed by atoms with van der Waals surface area (Å²) in [5.74, 6) is -0.409. The first-order valence-corrected chi connectivity index (χ1v) is 6.23. The third-order valence-electron chi connectivity index (χ3n) is 2.19. The van der Waals surface area contributed by atoms with Crippen LogP contribution in [-0.2, 0) is 9.59 Å². The first-order valence-electron chi connectivity index (χ1n) is 6.23. The average molecular weight is 300 g/mol. The van der Waals surface area contributed by atoms with Crippen molar-refractivity contribution in [3.05, 3.63) is 30.3 Å². The van der Waals surface area contributed by atoms with Gasteiger partial charge in [0.05, 0.1) is 13.1 Å². The van der Waals surface area contributed by atoms with Crippen LogP contribution in [0, 0.1) is 0 Å². The van der Waals surface area contributed by atoms with Gasteiger partial charge in [-0.3, -0.25) is 9.59 Å². The van der Waals surface area contributed by atoms with E-state index in [1.807, 2.05) is 51.1 Å². The van der Waals surface area contributed by atoms with Crippen LogP contribution in [0.4, 0.5) is 5.69 Å². The average Bonchev–Trinajstić information content (AvgIpc) is 2.33. The number of hydrogen-bond donors (Lipinski definition) is 3. The topological polar surface area (TPSA) is 70.2 Å². The van der Waals surface area contributed by atoms with E-state index in [1.165, 1.54) is 0 Å². The number of benzene rings is 1. The molecule has 0 saturated carbocycles. The molecule has 1 aromatic carbocycles. The van der Waals surface area contributed by atoms with Crippen molar-refractivity contribution in [3.63, 3.8) is 0 Å². The molecule has 0 radical (unpaired) electrons. The highest BCUT2D eigenvalue weighted by Crippen LogP contribution is 2.03. The molecule has 5 nitrogen and oxygen atoms in total. The predicted molar refractivity (Wildman–Crippen MR) is 83.1 cm³/mol. The second-order valence-corrected chi connectivity index (χ2v) is 5.29. The summed E-state index contributed by atoms with van der Waals surface area (Å²) in [7, 11) is 0. The van der Waals surface area contributed by atoms with E-state index in [4.69, 9.17) is 0 Å². The summed E-state index contributed by atoms with van der Waals surface area (Å²) < 4.78 is 0. The van der Waals surface area contributed by atoms with Gasteiger partial charge < -0.3 is 16.0 Å². The molecule has 0 spiro atoms. The number of para-hydroxylation sites is 1. The number of halogens is 1. The lowest BCUT2D eigenvalue weighted by molar-refractivity contribution is -0.126. The summed E-state index contributed by atoms with van der Waals surface area (Å²) >= 11 is 0. The molecule has 0 fully saturated rings. The number of carbonyl (C=O) groups is 2. The fraction of sp³-hybridized carbons (Fsp3) is 0.429. The van der Waals surface area contributed by atoms with Gasteiger partial charge >= 0.3 is 0 Å². The van der Waals surface area contributed by atoms with E-state index in [2.05, 4.69) is 16.0 Å². The van der Waals surface area contributed by atoms with Crippen molar-refractivity contribution in [1.29, 1.82) is 0 Å². The Labute approximate surface area is 125 Å². The maximum Gasteiger partial charge on any atom is 0.239 e. The van der Waals surface area contributed by atoms with Gasteiger partial charge in [0.1, 0.15) is 0 Å². The Morgan fingerprint density at radius 2 is 1.60 bits per heavy atom. The van der Waals surface area contributed by atoms with E-state index < -0.39 is 0 Å². The lowest BCUT2D eigenvalue weighted by Crippen LogP contribution is -2.46. The van der Waals surface area contributed by atoms with Crippen LogP contribution in [0.1, 0.15) is 20.8 Å². The molecular weight excluding hydrogens is 278 g/mol. The number of rotatable bonds is 5. The molecular formula is C14H22ClN3O2. The van der Waals surface area contributed by atoms with Gasteiger partial charge in [0, 0.05) is 11.2 Å². The third kappa shape index (κ3) is 8.37. The summed E-state index contributed by atoms with van der Waals surface area (Å²) in [5, 5.41) is 8.31. The second kappa shape index (κ2) is 8.43. The Bertz CT molecular complexity index is 430. The quantitative estimate of drug-likeness (QED) is 0.772. The zero-order valence-corrected chi connectivity index (χ0v) is 12.8. The fourth-order valence-corrected chi connectivity index (χ4v) is 1.44. The van der Waals surface area contributed by atoms with Crippen molar-refractivity contribution in [1.82, 2.24) is 10.6 Å². The van der Waals surface area contributed by atoms with Crippen molar-refractivity contribution in [2.45, 2.75) is 26.3 Å². The Kier molecular flexibility index (Phi) is 7.69. The highest BCUT2D eigenvalue weighted by Gasteiger charge is 2.13. The zero-order chi connectivity index (χ0) is 14.3. The Morgan fingerprint density at radius 1 is 1.00 bits per heavy atom. The summed E-state index contributed by atoms with van der Waals surface area (Å²) in [5.41, 5.74) is 0.584. The van der Waals surface area contributed by atoms with Crippen LogP contribution in [0.25, 0.3) is 0 Å². The van der Waals surface area contributed by atoms with Crippen molar-refractivity contribution in [2.24, 2.45) is 0 Å². The number of hydrogen-bond acceptors (Lipinski definition) is 3.